The molecule has 4 rings (SSSR count). The molecule has 0 fully saturated rings. The summed E-state index contributed by atoms with van der Waals surface area (Å²) in [6, 6.07) is 15.7. The van der Waals surface area contributed by atoms with E-state index >= 15 is 0 Å². The molecule has 1 aliphatic heterocycles. The molecule has 1 unspecified atom stereocenters. The number of halogens is 2. The van der Waals surface area contributed by atoms with Gasteiger partial charge in [-0.25, -0.2) is 4.98 Å². The minimum Gasteiger partial charge on any atom is -0.330 e. The highest BCUT2D eigenvalue weighted by Crippen LogP contribution is 2.38. The topological polar surface area (TPSA) is 88.3 Å². The van der Waals surface area contributed by atoms with Crippen LogP contribution in [-0.2, 0) is 0 Å². The molecule has 2 aromatic carbocycles. The lowest BCUT2D eigenvalue weighted by Gasteiger charge is -2.24. The van der Waals surface area contributed by atoms with Gasteiger partial charge in [0.05, 0.1) is 16.1 Å². The molecular formula is C25H24Cl2N4O2. The number of amides is 2. The standard InChI is InChI=1S/C25H24Cl2N4O2/c26-18-8-9-22-20(14-18)16(11-12-28)4-3-13-31(22)25(33)17-7-10-23(29-15-17)30-24(32)19-5-1-2-6-21(19)27/h1-2,5-10,14-16H,3-4,11-13,28H2,(H,29,30,32). The van der Waals surface area contributed by atoms with Crippen LogP contribution in [0.2, 0.25) is 10.0 Å². The van der Waals surface area contributed by atoms with Gasteiger partial charge in [0.2, 0.25) is 0 Å². The Balaban J connectivity index is 1.55. The third-order valence-corrected chi connectivity index (χ3v) is 6.35. The number of hydrogen-bond donors (Lipinski definition) is 2. The van der Waals surface area contributed by atoms with Gasteiger partial charge in [0, 0.05) is 23.5 Å². The number of fused-ring (bicyclic) bond motifs is 1. The van der Waals surface area contributed by atoms with Gasteiger partial charge in [-0.1, -0.05) is 35.3 Å². The number of nitrogens with one attached hydrogen (secondary N) is 1. The van der Waals surface area contributed by atoms with Crippen LogP contribution < -0.4 is 16.0 Å². The Bertz CT molecular complexity index is 1170. The summed E-state index contributed by atoms with van der Waals surface area (Å²) < 4.78 is 0. The lowest BCUT2D eigenvalue weighted by Crippen LogP contribution is -2.32. The van der Waals surface area contributed by atoms with Crippen molar-refractivity contribution in [2.24, 2.45) is 5.73 Å². The molecule has 2 amide bonds. The number of benzene rings is 2. The van der Waals surface area contributed by atoms with Gasteiger partial charge < -0.3 is 16.0 Å². The van der Waals surface area contributed by atoms with Gasteiger partial charge in [-0.15, -0.1) is 0 Å². The third kappa shape index (κ3) is 5.19. The number of pyridine rings is 1. The second-order valence-corrected chi connectivity index (χ2v) is 8.79. The second kappa shape index (κ2) is 10.3. The van der Waals surface area contributed by atoms with Crippen LogP contribution in [0.25, 0.3) is 0 Å². The van der Waals surface area contributed by atoms with Gasteiger partial charge >= 0.3 is 0 Å². The monoisotopic (exact) mass is 482 g/mol. The SMILES string of the molecule is NCCC1CCCN(C(=O)c2ccc(NC(=O)c3ccccc3Cl)nc2)c2ccc(Cl)cc21. The van der Waals surface area contributed by atoms with Gasteiger partial charge in [-0.2, -0.15) is 0 Å². The van der Waals surface area contributed by atoms with E-state index in [2.05, 4.69) is 10.3 Å². The molecule has 1 aromatic heterocycles. The minimum atomic E-state index is -0.364. The van der Waals surface area contributed by atoms with Gasteiger partial charge in [0.1, 0.15) is 5.82 Å². The van der Waals surface area contributed by atoms with Crippen molar-refractivity contribution in [1.82, 2.24) is 4.98 Å². The molecule has 3 aromatic rings. The average Bonchev–Trinajstić information content (AvgIpc) is 2.99. The zero-order chi connectivity index (χ0) is 23.4. The Morgan fingerprint density at radius 3 is 2.67 bits per heavy atom. The Morgan fingerprint density at radius 1 is 1.12 bits per heavy atom. The van der Waals surface area contributed by atoms with E-state index in [1.165, 1.54) is 6.20 Å². The number of carbonyl (C=O) groups excluding carboxylic acids is 2. The van der Waals surface area contributed by atoms with Crippen LogP contribution in [0.15, 0.2) is 60.8 Å². The molecular weight excluding hydrogens is 459 g/mol. The molecule has 6 nitrogen and oxygen atoms in total. The molecule has 8 heteroatoms. The summed E-state index contributed by atoms with van der Waals surface area (Å²) in [6.07, 6.45) is 4.13. The smallest absolute Gasteiger partial charge is 0.259 e. The first kappa shape index (κ1) is 23.2. The van der Waals surface area contributed by atoms with Crippen molar-refractivity contribution in [3.63, 3.8) is 0 Å². The largest absolute Gasteiger partial charge is 0.330 e. The summed E-state index contributed by atoms with van der Waals surface area (Å²) >= 11 is 12.4. The fourth-order valence-corrected chi connectivity index (χ4v) is 4.56. The molecule has 0 saturated carbocycles. The van der Waals surface area contributed by atoms with Crippen LogP contribution in [-0.4, -0.2) is 29.9 Å². The first-order valence-corrected chi connectivity index (χ1v) is 11.6. The molecule has 1 aliphatic rings. The van der Waals surface area contributed by atoms with Crippen LogP contribution in [0.4, 0.5) is 11.5 Å². The van der Waals surface area contributed by atoms with Crippen LogP contribution in [0, 0.1) is 0 Å². The molecule has 0 saturated heterocycles. The molecule has 0 spiro atoms. The number of anilines is 2. The summed E-state index contributed by atoms with van der Waals surface area (Å²) in [4.78, 5) is 31.9. The van der Waals surface area contributed by atoms with Crippen LogP contribution >= 0.6 is 23.2 Å². The van der Waals surface area contributed by atoms with E-state index in [9.17, 15) is 9.59 Å². The molecule has 0 aliphatic carbocycles. The third-order valence-electron chi connectivity index (χ3n) is 5.79. The highest BCUT2D eigenvalue weighted by molar-refractivity contribution is 6.34. The van der Waals surface area contributed by atoms with Crippen LogP contribution in [0.5, 0.6) is 0 Å². The first-order chi connectivity index (χ1) is 16.0. The average molecular weight is 483 g/mol. The lowest BCUT2D eigenvalue weighted by atomic mass is 9.91. The molecule has 33 heavy (non-hydrogen) atoms. The fourth-order valence-electron chi connectivity index (χ4n) is 4.16. The predicted molar refractivity (Wildman–Crippen MR) is 132 cm³/mol. The van der Waals surface area contributed by atoms with Crippen molar-refractivity contribution in [1.29, 1.82) is 0 Å². The van der Waals surface area contributed by atoms with E-state index in [-0.39, 0.29) is 17.7 Å². The van der Waals surface area contributed by atoms with Gasteiger partial charge in [0.25, 0.3) is 11.8 Å². The number of nitrogens with two attached hydrogens (primary N) is 1. The second-order valence-electron chi connectivity index (χ2n) is 7.94. The first-order valence-electron chi connectivity index (χ1n) is 10.8. The van der Waals surface area contributed by atoms with Gasteiger partial charge in [-0.3, -0.25) is 9.59 Å². The number of hydrogen-bond acceptors (Lipinski definition) is 4. The van der Waals surface area contributed by atoms with E-state index in [0.29, 0.717) is 40.1 Å². The fraction of sp³-hybridized carbons (Fsp3) is 0.240. The molecule has 170 valence electrons. The van der Waals surface area contributed by atoms with Crippen LogP contribution in [0.3, 0.4) is 0 Å². The normalized spacial score (nSPS) is 15.5. The maximum atomic E-state index is 13.4. The van der Waals surface area contributed by atoms with Crippen molar-refractivity contribution < 1.29 is 9.59 Å². The van der Waals surface area contributed by atoms with Crippen molar-refractivity contribution >= 4 is 46.5 Å². The number of aromatic nitrogens is 1. The van der Waals surface area contributed by atoms with E-state index in [1.54, 1.807) is 47.4 Å². The van der Waals surface area contributed by atoms with Crippen molar-refractivity contribution in [3.05, 3.63) is 87.5 Å². The summed E-state index contributed by atoms with van der Waals surface area (Å²) in [5, 5.41) is 3.71. The van der Waals surface area contributed by atoms with E-state index in [4.69, 9.17) is 28.9 Å². The molecule has 0 radical (unpaired) electrons. The zero-order valence-corrected chi connectivity index (χ0v) is 19.4. The highest BCUT2D eigenvalue weighted by atomic mass is 35.5. The predicted octanol–water partition coefficient (Wildman–Crippen LogP) is 5.51. The maximum Gasteiger partial charge on any atom is 0.259 e. The summed E-state index contributed by atoms with van der Waals surface area (Å²) in [7, 11) is 0. The Morgan fingerprint density at radius 2 is 1.94 bits per heavy atom. The molecule has 2 heterocycles. The van der Waals surface area contributed by atoms with E-state index in [1.807, 2.05) is 12.1 Å². The molecule has 1 atom stereocenters. The van der Waals surface area contributed by atoms with Crippen molar-refractivity contribution in [2.75, 3.05) is 23.3 Å². The summed E-state index contributed by atoms with van der Waals surface area (Å²) in [5.41, 5.74) is 8.52. The summed E-state index contributed by atoms with van der Waals surface area (Å²) in [5.74, 6) is 0.0875. The maximum absolute atomic E-state index is 13.4. The number of nitrogens with zero attached hydrogens (tertiary/aromatic N) is 2. The molecule has 3 N–H and O–H groups in total. The number of rotatable bonds is 5. The van der Waals surface area contributed by atoms with E-state index in [0.717, 1.165) is 30.5 Å². The molecule has 0 bridgehead atoms. The van der Waals surface area contributed by atoms with Crippen LogP contribution in [0.1, 0.15) is 51.5 Å². The van der Waals surface area contributed by atoms with Gasteiger partial charge in [-0.05, 0) is 79.8 Å². The minimum absolute atomic E-state index is 0.150. The van der Waals surface area contributed by atoms with Gasteiger partial charge in [0.15, 0.2) is 0 Å². The highest BCUT2D eigenvalue weighted by Gasteiger charge is 2.27. The Labute approximate surface area is 202 Å². The van der Waals surface area contributed by atoms with E-state index < -0.39 is 0 Å². The van der Waals surface area contributed by atoms with Crippen molar-refractivity contribution in [2.45, 2.75) is 25.2 Å². The Hall–Kier alpha value is -2.93. The Kier molecular flexibility index (Phi) is 7.28. The quantitative estimate of drug-likeness (QED) is 0.501. The van der Waals surface area contributed by atoms with Crippen molar-refractivity contribution in [3.8, 4) is 0 Å². The number of carbonyl (C=O) groups is 2. The lowest BCUT2D eigenvalue weighted by molar-refractivity contribution is 0.0985. The summed E-state index contributed by atoms with van der Waals surface area (Å²) in [6.45, 7) is 1.18. The zero-order valence-electron chi connectivity index (χ0n) is 17.9.